The molecule has 5 heteroatoms. The lowest BCUT2D eigenvalue weighted by molar-refractivity contribution is 0.0693. The van der Waals surface area contributed by atoms with E-state index in [1.165, 1.54) is 7.05 Å². The summed E-state index contributed by atoms with van der Waals surface area (Å²) in [6.07, 6.45) is 1.58. The number of benzene rings is 2. The normalized spacial score (nSPS) is 14.0. The molecule has 2 aromatic carbocycles. The Hall–Kier alpha value is -2.59. The number of hydrogen-bond donors (Lipinski definition) is 0. The van der Waals surface area contributed by atoms with E-state index in [1.54, 1.807) is 24.5 Å². The highest BCUT2D eigenvalue weighted by atomic mass is 35.5. The zero-order valence-electron chi connectivity index (χ0n) is 11.6. The lowest BCUT2D eigenvalue weighted by Gasteiger charge is -2.05. The van der Waals surface area contributed by atoms with Crippen molar-refractivity contribution in [3.8, 4) is 11.1 Å². The number of halogens is 1. The minimum atomic E-state index is -0.280. The first-order valence-electron chi connectivity index (χ1n) is 6.70. The van der Waals surface area contributed by atoms with E-state index < -0.39 is 0 Å². The first kappa shape index (κ1) is 13.1. The third kappa shape index (κ3) is 1.71. The summed E-state index contributed by atoms with van der Waals surface area (Å²) >= 11 is 6.22. The fraction of sp³-hybridized carbons (Fsp3) is 0.0588. The standard InChI is InChI=1S/C17H10ClNO3/c1-19-16(20)12-3-2-9(7-13(12)17(19)21)11-6-10-4-5-22-15(10)14(18)8-11/h2-8H,1H3. The van der Waals surface area contributed by atoms with Gasteiger partial charge in [0.2, 0.25) is 0 Å². The van der Waals surface area contributed by atoms with Crippen LogP contribution in [0.2, 0.25) is 5.02 Å². The van der Waals surface area contributed by atoms with E-state index in [0.29, 0.717) is 21.7 Å². The molecule has 0 bridgehead atoms. The number of furan rings is 1. The lowest BCUT2D eigenvalue weighted by atomic mass is 9.99. The Morgan fingerprint density at radius 2 is 1.73 bits per heavy atom. The molecule has 0 spiro atoms. The number of amides is 2. The molecular weight excluding hydrogens is 302 g/mol. The smallest absolute Gasteiger partial charge is 0.261 e. The van der Waals surface area contributed by atoms with Crippen LogP contribution in [0.1, 0.15) is 20.7 Å². The first-order valence-corrected chi connectivity index (χ1v) is 7.07. The Labute approximate surface area is 130 Å². The maximum atomic E-state index is 12.1. The summed E-state index contributed by atoms with van der Waals surface area (Å²) < 4.78 is 5.32. The molecule has 0 fully saturated rings. The van der Waals surface area contributed by atoms with Crippen molar-refractivity contribution in [3.05, 3.63) is 58.8 Å². The SMILES string of the molecule is CN1C(=O)c2ccc(-c3cc(Cl)c4occc4c3)cc2C1=O. The van der Waals surface area contributed by atoms with Gasteiger partial charge in [0, 0.05) is 12.4 Å². The fourth-order valence-corrected chi connectivity index (χ4v) is 3.02. The molecule has 22 heavy (non-hydrogen) atoms. The molecule has 108 valence electrons. The van der Waals surface area contributed by atoms with Gasteiger partial charge in [-0.1, -0.05) is 17.7 Å². The van der Waals surface area contributed by atoms with E-state index in [0.717, 1.165) is 21.4 Å². The maximum Gasteiger partial charge on any atom is 0.261 e. The third-order valence-electron chi connectivity index (χ3n) is 3.93. The van der Waals surface area contributed by atoms with E-state index in [4.69, 9.17) is 16.0 Å². The zero-order valence-corrected chi connectivity index (χ0v) is 12.3. The molecule has 0 atom stereocenters. The number of carbonyl (C=O) groups excluding carboxylic acids is 2. The van der Waals surface area contributed by atoms with Crippen LogP contribution in [0, 0.1) is 0 Å². The van der Waals surface area contributed by atoms with Crippen LogP contribution in [0.4, 0.5) is 0 Å². The van der Waals surface area contributed by atoms with Gasteiger partial charge in [0.15, 0.2) is 5.58 Å². The molecule has 0 aliphatic carbocycles. The minimum Gasteiger partial charge on any atom is -0.463 e. The number of rotatable bonds is 1. The van der Waals surface area contributed by atoms with Gasteiger partial charge in [-0.2, -0.15) is 0 Å². The van der Waals surface area contributed by atoms with Crippen LogP contribution in [0.5, 0.6) is 0 Å². The molecule has 0 unspecified atom stereocenters. The average Bonchev–Trinajstić information content (AvgIpc) is 3.08. The molecule has 0 saturated heterocycles. The highest BCUT2D eigenvalue weighted by Crippen LogP contribution is 2.33. The van der Waals surface area contributed by atoms with Gasteiger partial charge < -0.3 is 4.42 Å². The van der Waals surface area contributed by atoms with Crippen LogP contribution in [-0.4, -0.2) is 23.8 Å². The topological polar surface area (TPSA) is 50.5 Å². The fourth-order valence-electron chi connectivity index (χ4n) is 2.75. The van der Waals surface area contributed by atoms with Gasteiger partial charge in [-0.15, -0.1) is 0 Å². The van der Waals surface area contributed by atoms with E-state index in [1.807, 2.05) is 18.2 Å². The molecule has 0 saturated carbocycles. The third-order valence-corrected chi connectivity index (χ3v) is 4.21. The van der Waals surface area contributed by atoms with Gasteiger partial charge in [0.05, 0.1) is 22.4 Å². The summed E-state index contributed by atoms with van der Waals surface area (Å²) in [5, 5.41) is 1.40. The van der Waals surface area contributed by atoms with Crippen molar-refractivity contribution in [2.45, 2.75) is 0 Å². The number of nitrogens with zero attached hydrogens (tertiary/aromatic N) is 1. The summed E-state index contributed by atoms with van der Waals surface area (Å²) in [6.45, 7) is 0. The average molecular weight is 312 g/mol. The molecule has 4 nitrogen and oxygen atoms in total. The second kappa shape index (κ2) is 4.45. The Kier molecular flexibility index (Phi) is 2.65. The van der Waals surface area contributed by atoms with Gasteiger partial charge in [-0.25, -0.2) is 0 Å². The maximum absolute atomic E-state index is 12.1. The summed E-state index contributed by atoms with van der Waals surface area (Å²) in [6, 6.07) is 10.8. The zero-order chi connectivity index (χ0) is 15.4. The van der Waals surface area contributed by atoms with Gasteiger partial charge in [-0.3, -0.25) is 14.5 Å². The van der Waals surface area contributed by atoms with Crippen molar-refractivity contribution in [3.63, 3.8) is 0 Å². The summed E-state index contributed by atoms with van der Waals surface area (Å²) in [5.74, 6) is -0.549. The predicted octanol–water partition coefficient (Wildman–Crippen LogP) is 3.98. The highest BCUT2D eigenvalue weighted by molar-refractivity contribution is 6.35. The molecular formula is C17H10ClNO3. The summed E-state index contributed by atoms with van der Waals surface area (Å²) in [4.78, 5) is 25.1. The van der Waals surface area contributed by atoms with E-state index in [-0.39, 0.29) is 11.8 Å². The molecule has 2 amide bonds. The Morgan fingerprint density at radius 1 is 0.955 bits per heavy atom. The highest BCUT2D eigenvalue weighted by Gasteiger charge is 2.32. The van der Waals surface area contributed by atoms with Crippen molar-refractivity contribution < 1.29 is 14.0 Å². The van der Waals surface area contributed by atoms with Gasteiger partial charge >= 0.3 is 0 Å². The van der Waals surface area contributed by atoms with Gasteiger partial charge in [0.1, 0.15) is 0 Å². The monoisotopic (exact) mass is 311 g/mol. The van der Waals surface area contributed by atoms with Crippen molar-refractivity contribution >= 4 is 34.4 Å². The Morgan fingerprint density at radius 3 is 2.55 bits per heavy atom. The molecule has 1 aliphatic heterocycles. The van der Waals surface area contributed by atoms with E-state index >= 15 is 0 Å². The van der Waals surface area contributed by atoms with Gasteiger partial charge in [0.25, 0.3) is 11.8 Å². The second-order valence-electron chi connectivity index (χ2n) is 5.23. The van der Waals surface area contributed by atoms with E-state index in [2.05, 4.69) is 0 Å². The molecule has 2 heterocycles. The molecule has 0 radical (unpaired) electrons. The van der Waals surface area contributed by atoms with Gasteiger partial charge in [-0.05, 0) is 41.5 Å². The van der Waals surface area contributed by atoms with Crippen LogP contribution >= 0.6 is 11.6 Å². The summed E-state index contributed by atoms with van der Waals surface area (Å²) in [5.41, 5.74) is 3.20. The van der Waals surface area contributed by atoms with Crippen LogP contribution in [0.25, 0.3) is 22.1 Å². The number of hydrogen-bond acceptors (Lipinski definition) is 3. The number of carbonyl (C=O) groups is 2. The van der Waals surface area contributed by atoms with Crippen molar-refractivity contribution in [1.29, 1.82) is 0 Å². The molecule has 4 rings (SSSR count). The largest absolute Gasteiger partial charge is 0.463 e. The van der Waals surface area contributed by atoms with Crippen LogP contribution in [0.3, 0.4) is 0 Å². The first-order chi connectivity index (χ1) is 10.6. The van der Waals surface area contributed by atoms with Crippen LogP contribution < -0.4 is 0 Å². The summed E-state index contributed by atoms with van der Waals surface area (Å²) in [7, 11) is 1.48. The number of fused-ring (bicyclic) bond motifs is 2. The van der Waals surface area contributed by atoms with Crippen molar-refractivity contribution in [2.24, 2.45) is 0 Å². The van der Waals surface area contributed by atoms with E-state index in [9.17, 15) is 9.59 Å². The van der Waals surface area contributed by atoms with Crippen LogP contribution in [0.15, 0.2) is 47.1 Å². The Bertz CT molecular complexity index is 958. The molecule has 1 aromatic heterocycles. The van der Waals surface area contributed by atoms with Crippen molar-refractivity contribution in [1.82, 2.24) is 4.90 Å². The minimum absolute atomic E-state index is 0.269. The predicted molar refractivity (Wildman–Crippen MR) is 83.1 cm³/mol. The van der Waals surface area contributed by atoms with Crippen LogP contribution in [-0.2, 0) is 0 Å². The van der Waals surface area contributed by atoms with Crippen molar-refractivity contribution in [2.75, 3.05) is 7.05 Å². The Balaban J connectivity index is 1.90. The quantitative estimate of drug-likeness (QED) is 0.639. The molecule has 0 N–H and O–H groups in total. The second-order valence-corrected chi connectivity index (χ2v) is 5.63. The molecule has 3 aromatic rings. The molecule has 1 aliphatic rings. The number of imide groups is 1. The lowest BCUT2D eigenvalue weighted by Crippen LogP contribution is -2.24.